The zero-order valence-electron chi connectivity index (χ0n) is 11.1. The average Bonchev–Trinajstić information content (AvgIpc) is 2.42. The molecule has 3 N–H and O–H groups in total. The number of carbonyl (C=O) groups excluding carboxylic acids is 2. The standard InChI is InChI=1S/C14H19N3O2/c1-10-4-5-12-11(9-10)3-2-8-17(12)14(19)13(18)16-7-6-15/h4-5,9H,2-3,6-8,15H2,1H3,(H,16,18). The van der Waals surface area contributed by atoms with Crippen molar-refractivity contribution < 1.29 is 9.59 Å². The molecule has 0 spiro atoms. The van der Waals surface area contributed by atoms with Gasteiger partial charge in [0.1, 0.15) is 0 Å². The number of hydrogen-bond donors (Lipinski definition) is 2. The lowest BCUT2D eigenvalue weighted by Crippen LogP contribution is -2.46. The highest BCUT2D eigenvalue weighted by Crippen LogP contribution is 2.27. The van der Waals surface area contributed by atoms with Gasteiger partial charge in [-0.3, -0.25) is 9.59 Å². The zero-order valence-corrected chi connectivity index (χ0v) is 11.1. The van der Waals surface area contributed by atoms with Crippen LogP contribution in [0.4, 0.5) is 5.69 Å². The van der Waals surface area contributed by atoms with Gasteiger partial charge in [-0.1, -0.05) is 17.7 Å². The van der Waals surface area contributed by atoms with Crippen LogP contribution in [-0.2, 0) is 16.0 Å². The molecule has 0 aliphatic carbocycles. The van der Waals surface area contributed by atoms with Crippen LogP contribution in [0, 0.1) is 6.92 Å². The van der Waals surface area contributed by atoms with Gasteiger partial charge in [-0.2, -0.15) is 0 Å². The quantitative estimate of drug-likeness (QED) is 0.754. The Morgan fingerprint density at radius 2 is 2.21 bits per heavy atom. The number of nitrogens with two attached hydrogens (primary N) is 1. The maximum atomic E-state index is 12.1. The van der Waals surface area contributed by atoms with Crippen molar-refractivity contribution in [3.05, 3.63) is 29.3 Å². The SMILES string of the molecule is Cc1ccc2c(c1)CCCN2C(=O)C(=O)NCCN. The lowest BCUT2D eigenvalue weighted by Gasteiger charge is -2.29. The first-order valence-corrected chi connectivity index (χ1v) is 6.53. The highest BCUT2D eigenvalue weighted by molar-refractivity contribution is 6.40. The fraction of sp³-hybridized carbons (Fsp3) is 0.429. The van der Waals surface area contributed by atoms with Crippen LogP contribution in [0.2, 0.25) is 0 Å². The summed E-state index contributed by atoms with van der Waals surface area (Å²) < 4.78 is 0. The van der Waals surface area contributed by atoms with Crippen molar-refractivity contribution in [2.45, 2.75) is 19.8 Å². The number of carbonyl (C=O) groups is 2. The molecule has 1 aromatic rings. The van der Waals surface area contributed by atoms with Crippen LogP contribution < -0.4 is 16.0 Å². The van der Waals surface area contributed by atoms with Crippen LogP contribution in [0.15, 0.2) is 18.2 Å². The van der Waals surface area contributed by atoms with Gasteiger partial charge in [-0.05, 0) is 31.4 Å². The van der Waals surface area contributed by atoms with Gasteiger partial charge in [-0.25, -0.2) is 0 Å². The van der Waals surface area contributed by atoms with E-state index in [1.807, 2.05) is 19.1 Å². The van der Waals surface area contributed by atoms with Crippen molar-refractivity contribution in [3.63, 3.8) is 0 Å². The average molecular weight is 261 g/mol. The molecule has 2 amide bonds. The predicted octanol–water partition coefficient (Wildman–Crippen LogP) is 0.349. The molecule has 0 radical (unpaired) electrons. The van der Waals surface area contributed by atoms with E-state index in [1.165, 1.54) is 5.56 Å². The zero-order chi connectivity index (χ0) is 13.8. The second kappa shape index (κ2) is 5.84. The minimum atomic E-state index is -0.584. The maximum Gasteiger partial charge on any atom is 0.316 e. The van der Waals surface area contributed by atoms with Crippen LogP contribution >= 0.6 is 0 Å². The Bertz CT molecular complexity index is 499. The van der Waals surface area contributed by atoms with Crippen molar-refractivity contribution in [2.75, 3.05) is 24.5 Å². The summed E-state index contributed by atoms with van der Waals surface area (Å²) in [7, 11) is 0. The van der Waals surface area contributed by atoms with Crippen molar-refractivity contribution >= 4 is 17.5 Å². The van der Waals surface area contributed by atoms with E-state index < -0.39 is 11.8 Å². The molecule has 5 nitrogen and oxygen atoms in total. The minimum absolute atomic E-state index is 0.319. The fourth-order valence-electron chi connectivity index (χ4n) is 2.32. The number of benzene rings is 1. The second-order valence-electron chi connectivity index (χ2n) is 4.74. The number of hydrogen-bond acceptors (Lipinski definition) is 3. The van der Waals surface area contributed by atoms with E-state index in [0.29, 0.717) is 19.6 Å². The predicted molar refractivity (Wildman–Crippen MR) is 73.9 cm³/mol. The molecule has 19 heavy (non-hydrogen) atoms. The molecule has 5 heteroatoms. The molecule has 0 aromatic heterocycles. The number of amides is 2. The van der Waals surface area contributed by atoms with Gasteiger partial charge in [-0.15, -0.1) is 0 Å². The number of anilines is 1. The largest absolute Gasteiger partial charge is 0.347 e. The monoisotopic (exact) mass is 261 g/mol. The molecule has 1 aliphatic heterocycles. The summed E-state index contributed by atoms with van der Waals surface area (Å²) >= 11 is 0. The summed E-state index contributed by atoms with van der Waals surface area (Å²) in [5.41, 5.74) is 8.46. The lowest BCUT2D eigenvalue weighted by atomic mass is 9.99. The van der Waals surface area contributed by atoms with Gasteiger partial charge in [0.15, 0.2) is 0 Å². The van der Waals surface area contributed by atoms with E-state index in [9.17, 15) is 9.59 Å². The first-order chi connectivity index (χ1) is 9.13. The van der Waals surface area contributed by atoms with Crippen LogP contribution in [0.1, 0.15) is 17.5 Å². The smallest absolute Gasteiger partial charge is 0.316 e. The summed E-state index contributed by atoms with van der Waals surface area (Å²) in [6, 6.07) is 5.95. The molecule has 2 rings (SSSR count). The second-order valence-corrected chi connectivity index (χ2v) is 4.74. The van der Waals surface area contributed by atoms with Crippen molar-refractivity contribution in [3.8, 4) is 0 Å². The number of rotatable bonds is 2. The molecule has 0 unspecified atom stereocenters. The fourth-order valence-corrected chi connectivity index (χ4v) is 2.32. The molecule has 0 saturated carbocycles. The number of nitrogens with zero attached hydrogens (tertiary/aromatic N) is 1. The third-order valence-electron chi connectivity index (χ3n) is 3.22. The number of fused-ring (bicyclic) bond motifs is 1. The molecule has 0 saturated heterocycles. The highest BCUT2D eigenvalue weighted by Gasteiger charge is 2.26. The Morgan fingerprint density at radius 3 is 2.95 bits per heavy atom. The molecule has 1 heterocycles. The number of aryl methyl sites for hydroxylation is 2. The first-order valence-electron chi connectivity index (χ1n) is 6.53. The van der Waals surface area contributed by atoms with Gasteiger partial charge in [0.05, 0.1) is 0 Å². The Hall–Kier alpha value is -1.88. The van der Waals surface area contributed by atoms with Crippen LogP contribution in [0.5, 0.6) is 0 Å². The van der Waals surface area contributed by atoms with Gasteiger partial charge in [0, 0.05) is 25.3 Å². The van der Waals surface area contributed by atoms with Gasteiger partial charge in [0.2, 0.25) is 0 Å². The van der Waals surface area contributed by atoms with E-state index >= 15 is 0 Å². The first kappa shape index (κ1) is 13.5. The molecule has 102 valence electrons. The van der Waals surface area contributed by atoms with Crippen molar-refractivity contribution in [2.24, 2.45) is 5.73 Å². The minimum Gasteiger partial charge on any atom is -0.347 e. The topological polar surface area (TPSA) is 75.4 Å². The van der Waals surface area contributed by atoms with E-state index in [0.717, 1.165) is 24.1 Å². The van der Waals surface area contributed by atoms with Crippen molar-refractivity contribution in [1.82, 2.24) is 5.32 Å². The Labute approximate surface area is 112 Å². The summed E-state index contributed by atoms with van der Waals surface area (Å²) in [5, 5.41) is 2.52. The van der Waals surface area contributed by atoms with E-state index in [4.69, 9.17) is 5.73 Å². The normalized spacial score (nSPS) is 13.9. The molecular formula is C14H19N3O2. The Balaban J connectivity index is 2.19. The molecule has 0 atom stereocenters. The summed E-state index contributed by atoms with van der Waals surface area (Å²) in [6.45, 7) is 3.26. The lowest BCUT2D eigenvalue weighted by molar-refractivity contribution is -0.137. The molecule has 0 fully saturated rings. The molecular weight excluding hydrogens is 242 g/mol. The summed E-state index contributed by atoms with van der Waals surface area (Å²) in [6.07, 6.45) is 1.83. The summed E-state index contributed by atoms with van der Waals surface area (Å²) in [5.74, 6) is -1.09. The highest BCUT2D eigenvalue weighted by atomic mass is 16.2. The van der Waals surface area contributed by atoms with Gasteiger partial charge < -0.3 is 16.0 Å². The third-order valence-corrected chi connectivity index (χ3v) is 3.22. The van der Waals surface area contributed by atoms with Crippen LogP contribution in [0.3, 0.4) is 0 Å². The van der Waals surface area contributed by atoms with Gasteiger partial charge in [0.25, 0.3) is 0 Å². The molecule has 1 aromatic carbocycles. The third kappa shape index (κ3) is 2.93. The van der Waals surface area contributed by atoms with E-state index in [2.05, 4.69) is 11.4 Å². The van der Waals surface area contributed by atoms with Gasteiger partial charge >= 0.3 is 11.8 Å². The molecule has 1 aliphatic rings. The van der Waals surface area contributed by atoms with E-state index in [1.54, 1.807) is 4.90 Å². The Morgan fingerprint density at radius 1 is 1.42 bits per heavy atom. The van der Waals surface area contributed by atoms with E-state index in [-0.39, 0.29) is 0 Å². The van der Waals surface area contributed by atoms with Crippen molar-refractivity contribution in [1.29, 1.82) is 0 Å². The maximum absolute atomic E-state index is 12.1. The summed E-state index contributed by atoms with van der Waals surface area (Å²) in [4.78, 5) is 25.4. The molecule has 0 bridgehead atoms. The van der Waals surface area contributed by atoms with Crippen LogP contribution in [0.25, 0.3) is 0 Å². The Kier molecular flexibility index (Phi) is 4.16. The van der Waals surface area contributed by atoms with Crippen LogP contribution in [-0.4, -0.2) is 31.4 Å². The number of nitrogens with one attached hydrogen (secondary N) is 1.